The summed E-state index contributed by atoms with van der Waals surface area (Å²) in [5, 5.41) is 8.35. The van der Waals surface area contributed by atoms with Gasteiger partial charge in [-0.1, -0.05) is 6.92 Å². The smallest absolute Gasteiger partial charge is 0.376 e. The third-order valence-corrected chi connectivity index (χ3v) is 10.1. The van der Waals surface area contributed by atoms with Crippen molar-refractivity contribution in [2.24, 2.45) is 13.0 Å². The van der Waals surface area contributed by atoms with E-state index in [9.17, 15) is 21.6 Å². The summed E-state index contributed by atoms with van der Waals surface area (Å²) in [7, 11) is -2.41. The Labute approximate surface area is 231 Å². The Morgan fingerprint density at radius 3 is 2.58 bits per heavy atom. The first kappa shape index (κ1) is 27.2. The van der Waals surface area contributed by atoms with Gasteiger partial charge < -0.3 is 9.30 Å². The average Bonchev–Trinajstić information content (AvgIpc) is 3.41. The van der Waals surface area contributed by atoms with Crippen molar-refractivity contribution >= 4 is 15.7 Å². The molecule has 1 aliphatic carbocycles. The van der Waals surface area contributed by atoms with E-state index >= 15 is 0 Å². The molecule has 0 bridgehead atoms. The van der Waals surface area contributed by atoms with Crippen LogP contribution in [-0.4, -0.2) is 58.9 Å². The Bertz CT molecular complexity index is 1550. The van der Waals surface area contributed by atoms with Crippen molar-refractivity contribution in [1.82, 2.24) is 24.6 Å². The molecule has 0 amide bonds. The fourth-order valence-electron chi connectivity index (χ4n) is 6.53. The summed E-state index contributed by atoms with van der Waals surface area (Å²) < 4.78 is 78.9. The highest BCUT2D eigenvalue weighted by Crippen LogP contribution is 2.52. The summed E-state index contributed by atoms with van der Waals surface area (Å²) in [5.41, 5.74) is -0.349. The summed E-state index contributed by atoms with van der Waals surface area (Å²) in [6, 6.07) is 4.21. The van der Waals surface area contributed by atoms with E-state index in [-0.39, 0.29) is 28.8 Å². The molecule has 1 saturated carbocycles. The molecule has 6 rings (SSSR count). The molecule has 13 heteroatoms. The number of pyridine rings is 1. The topological polar surface area (TPSA) is 93.4 Å². The van der Waals surface area contributed by atoms with Crippen LogP contribution in [0, 0.1) is 5.92 Å². The number of rotatable bonds is 5. The van der Waals surface area contributed by atoms with Gasteiger partial charge in [-0.3, -0.25) is 14.2 Å². The minimum atomic E-state index is -4.71. The monoisotopic (exact) mass is 576 g/mol. The molecule has 1 atom stereocenters. The molecule has 1 aromatic carbocycles. The average molecular weight is 577 g/mol. The summed E-state index contributed by atoms with van der Waals surface area (Å²) in [4.78, 5) is 6.02. The predicted molar refractivity (Wildman–Crippen MR) is 140 cm³/mol. The maximum atomic E-state index is 14.3. The van der Waals surface area contributed by atoms with Crippen LogP contribution in [0.5, 0.6) is 0 Å². The van der Waals surface area contributed by atoms with Gasteiger partial charge in [0.2, 0.25) is 0 Å². The molecule has 0 radical (unpaired) electrons. The van der Waals surface area contributed by atoms with Crippen molar-refractivity contribution in [1.29, 1.82) is 0 Å². The van der Waals surface area contributed by atoms with Gasteiger partial charge in [-0.25, -0.2) is 8.42 Å². The van der Waals surface area contributed by atoms with E-state index in [1.807, 2.05) is 23.4 Å². The molecule has 0 unspecified atom stereocenters. The number of sulfonamides is 1. The van der Waals surface area contributed by atoms with Crippen molar-refractivity contribution in [2.45, 2.75) is 62.4 Å². The van der Waals surface area contributed by atoms with E-state index in [1.54, 1.807) is 18.6 Å². The van der Waals surface area contributed by atoms with Gasteiger partial charge in [0.15, 0.2) is 0 Å². The number of fused-ring (bicyclic) bond motifs is 1. The van der Waals surface area contributed by atoms with Crippen LogP contribution < -0.4 is 4.31 Å². The van der Waals surface area contributed by atoms with Gasteiger partial charge in [0, 0.05) is 38.4 Å². The van der Waals surface area contributed by atoms with Crippen LogP contribution in [0.3, 0.4) is 0 Å². The largest absolute Gasteiger partial charge is 0.416 e. The fourth-order valence-corrected chi connectivity index (χ4v) is 8.23. The van der Waals surface area contributed by atoms with E-state index in [2.05, 4.69) is 22.1 Å². The van der Waals surface area contributed by atoms with Gasteiger partial charge in [0.1, 0.15) is 12.2 Å². The number of benzene rings is 1. The van der Waals surface area contributed by atoms with E-state index < -0.39 is 33.7 Å². The molecular weight excluding hydrogens is 545 g/mol. The van der Waals surface area contributed by atoms with Crippen LogP contribution in [0.15, 0.2) is 41.8 Å². The molecule has 2 aliphatic heterocycles. The summed E-state index contributed by atoms with van der Waals surface area (Å²) >= 11 is 0. The Kier molecular flexibility index (Phi) is 6.46. The van der Waals surface area contributed by atoms with Crippen molar-refractivity contribution in [3.8, 4) is 0 Å². The van der Waals surface area contributed by atoms with E-state index in [1.165, 1.54) is 12.3 Å². The number of anilines is 1. The molecule has 0 spiro atoms. The lowest BCUT2D eigenvalue weighted by Crippen LogP contribution is -2.43. The second kappa shape index (κ2) is 9.52. The molecule has 214 valence electrons. The van der Waals surface area contributed by atoms with Crippen LogP contribution >= 0.6 is 0 Å². The van der Waals surface area contributed by atoms with Gasteiger partial charge in [-0.2, -0.15) is 13.2 Å². The number of aromatic nitrogens is 4. The molecule has 2 aromatic heterocycles. The van der Waals surface area contributed by atoms with E-state index in [0.717, 1.165) is 34.6 Å². The minimum Gasteiger partial charge on any atom is -0.376 e. The molecule has 4 heterocycles. The first-order valence-corrected chi connectivity index (χ1v) is 14.7. The van der Waals surface area contributed by atoms with Crippen LogP contribution in [-0.2, 0) is 46.5 Å². The first-order chi connectivity index (χ1) is 18.9. The number of morpholine rings is 1. The zero-order chi connectivity index (χ0) is 28.4. The molecule has 3 aliphatic rings. The van der Waals surface area contributed by atoms with Gasteiger partial charge in [-0.15, -0.1) is 10.2 Å². The van der Waals surface area contributed by atoms with Crippen LogP contribution in [0.1, 0.15) is 54.8 Å². The highest BCUT2D eigenvalue weighted by molar-refractivity contribution is 7.93. The molecular formula is C27H31F3N6O3S. The van der Waals surface area contributed by atoms with Crippen molar-refractivity contribution < 1.29 is 26.3 Å². The molecule has 0 N–H and O–H groups in total. The third kappa shape index (κ3) is 4.47. The number of hydrogen-bond donors (Lipinski definition) is 0. The quantitative estimate of drug-likeness (QED) is 0.455. The number of aryl methyl sites for hydroxylation is 1. The summed E-state index contributed by atoms with van der Waals surface area (Å²) in [5.74, 6) is 1.17. The van der Waals surface area contributed by atoms with Gasteiger partial charge in [0.25, 0.3) is 10.0 Å². The Balaban J connectivity index is 1.39. The normalized spacial score (nSPS) is 26.5. The Hall–Kier alpha value is -3.03. The van der Waals surface area contributed by atoms with Crippen molar-refractivity contribution in [3.05, 3.63) is 65.0 Å². The lowest BCUT2D eigenvalue weighted by Gasteiger charge is -2.45. The van der Waals surface area contributed by atoms with Gasteiger partial charge in [-0.05, 0) is 55.0 Å². The molecule has 3 aromatic rings. The molecule has 2 fully saturated rings. The Morgan fingerprint density at radius 1 is 1.15 bits per heavy atom. The second-order valence-electron chi connectivity index (χ2n) is 11.3. The molecule has 9 nitrogen and oxygen atoms in total. The standard InChI is InChI=1S/C27H31F3N6O3S/c1-17-9-26(10-17,25-33-32-16-34(25)3)20-8-21(12-31-11-20)36-15-22-23(27(28,29)30)6-19(7-24(22)40(36,37)38)14-35-4-5-39-18(2)13-35/h6-8,11-12,16-18H,4-5,9-10,13-15H2,1-3H3/t17?,18-,26?/m0/s1. The molecule has 40 heavy (non-hydrogen) atoms. The first-order valence-electron chi connectivity index (χ1n) is 13.3. The molecule has 1 saturated heterocycles. The van der Waals surface area contributed by atoms with Crippen LogP contribution in [0.4, 0.5) is 18.9 Å². The lowest BCUT2D eigenvalue weighted by molar-refractivity contribution is -0.138. The van der Waals surface area contributed by atoms with Crippen LogP contribution in [0.2, 0.25) is 0 Å². The maximum Gasteiger partial charge on any atom is 0.416 e. The third-order valence-electron chi connectivity index (χ3n) is 8.27. The van der Waals surface area contributed by atoms with Gasteiger partial charge >= 0.3 is 6.18 Å². The van der Waals surface area contributed by atoms with Gasteiger partial charge in [0.05, 0.1) is 47.0 Å². The predicted octanol–water partition coefficient (Wildman–Crippen LogP) is 3.87. The van der Waals surface area contributed by atoms with Crippen molar-refractivity contribution in [3.63, 3.8) is 0 Å². The number of halogens is 3. The maximum absolute atomic E-state index is 14.3. The summed E-state index contributed by atoms with van der Waals surface area (Å²) in [6.45, 7) is 5.41. The Morgan fingerprint density at radius 2 is 1.93 bits per heavy atom. The minimum absolute atomic E-state index is 0.0484. The van der Waals surface area contributed by atoms with Crippen molar-refractivity contribution in [2.75, 3.05) is 24.0 Å². The number of hydrogen-bond acceptors (Lipinski definition) is 7. The highest BCUT2D eigenvalue weighted by atomic mass is 32.2. The fraction of sp³-hybridized carbons (Fsp3) is 0.519. The second-order valence-corrected chi connectivity index (χ2v) is 13.2. The zero-order valence-corrected chi connectivity index (χ0v) is 23.3. The number of ether oxygens (including phenoxy) is 1. The van der Waals surface area contributed by atoms with E-state index in [4.69, 9.17) is 4.74 Å². The lowest BCUT2D eigenvalue weighted by atomic mass is 9.59. The zero-order valence-electron chi connectivity index (χ0n) is 22.5. The summed E-state index contributed by atoms with van der Waals surface area (Å²) in [6.07, 6.45) is 1.49. The van der Waals surface area contributed by atoms with E-state index in [0.29, 0.717) is 31.2 Å². The highest BCUT2D eigenvalue weighted by Gasteiger charge is 2.49. The SMILES string of the molecule is CC1CC(c2cncc(N3Cc4c(C(F)(F)F)cc(CN5CCO[C@@H](C)C5)cc4S3(=O)=O)c2)(c2nncn2C)C1. The number of nitrogens with zero attached hydrogens (tertiary/aromatic N) is 6. The number of alkyl halides is 3. The van der Waals surface area contributed by atoms with Crippen LogP contribution in [0.25, 0.3) is 0 Å².